The Labute approximate surface area is 106 Å². The van der Waals surface area contributed by atoms with Gasteiger partial charge in [0.1, 0.15) is 6.61 Å². The summed E-state index contributed by atoms with van der Waals surface area (Å²) in [6.07, 6.45) is 0. The maximum atomic E-state index is 13.0. The molecule has 0 atom stereocenters. The summed E-state index contributed by atoms with van der Waals surface area (Å²) >= 11 is 0. The molecular formula is C13H11F5O. The van der Waals surface area contributed by atoms with Gasteiger partial charge in [-0.25, -0.2) is 4.39 Å². The van der Waals surface area contributed by atoms with Gasteiger partial charge in [-0.15, -0.1) is 0 Å². The van der Waals surface area contributed by atoms with Gasteiger partial charge in [0.25, 0.3) is 0 Å². The molecule has 19 heavy (non-hydrogen) atoms. The predicted octanol–water partition coefficient (Wildman–Crippen LogP) is 4.29. The van der Waals surface area contributed by atoms with Gasteiger partial charge in [0.05, 0.1) is 0 Å². The molecule has 0 radical (unpaired) electrons. The topological polar surface area (TPSA) is 9.23 Å². The summed E-state index contributed by atoms with van der Waals surface area (Å²) in [6, 6.07) is 5.22. The van der Waals surface area contributed by atoms with Crippen molar-refractivity contribution in [3.8, 4) is 0 Å². The van der Waals surface area contributed by atoms with E-state index in [1.807, 2.05) is 0 Å². The molecule has 0 N–H and O–H groups in total. The minimum absolute atomic E-state index is 0.368. The van der Waals surface area contributed by atoms with E-state index in [2.05, 4.69) is 4.74 Å². The van der Waals surface area contributed by atoms with Crippen molar-refractivity contribution in [1.29, 1.82) is 0 Å². The molecule has 1 aliphatic carbocycles. The molecule has 0 saturated heterocycles. The molecule has 0 saturated carbocycles. The van der Waals surface area contributed by atoms with Crippen LogP contribution < -0.4 is 0 Å². The number of hydrogen-bond acceptors (Lipinski definition) is 1. The van der Waals surface area contributed by atoms with Gasteiger partial charge < -0.3 is 4.74 Å². The van der Waals surface area contributed by atoms with Crippen LogP contribution in [-0.2, 0) is 11.3 Å². The first-order valence-electron chi connectivity index (χ1n) is 5.54. The molecule has 2 rings (SSSR count). The third-order valence-corrected chi connectivity index (χ3v) is 3.16. The van der Waals surface area contributed by atoms with E-state index < -0.39 is 23.4 Å². The molecule has 0 fully saturated rings. The molecule has 6 heteroatoms. The summed E-state index contributed by atoms with van der Waals surface area (Å²) in [5.74, 6) is -13.1. The summed E-state index contributed by atoms with van der Waals surface area (Å²) in [7, 11) is 0. The van der Waals surface area contributed by atoms with E-state index in [4.69, 9.17) is 0 Å². The Morgan fingerprint density at radius 2 is 1.53 bits per heavy atom. The van der Waals surface area contributed by atoms with Gasteiger partial charge in [0, 0.05) is 0 Å². The Kier molecular flexibility index (Phi) is 3.07. The monoisotopic (exact) mass is 278 g/mol. The van der Waals surface area contributed by atoms with Crippen molar-refractivity contribution in [3.63, 3.8) is 0 Å². The van der Waals surface area contributed by atoms with Crippen LogP contribution in [0.1, 0.15) is 16.7 Å². The Hall–Kier alpha value is -1.59. The Morgan fingerprint density at radius 3 is 2.00 bits per heavy atom. The molecule has 1 aromatic carbocycles. The van der Waals surface area contributed by atoms with Crippen LogP contribution in [0, 0.1) is 13.8 Å². The van der Waals surface area contributed by atoms with Crippen molar-refractivity contribution >= 4 is 0 Å². The maximum Gasteiger partial charge on any atom is 0.375 e. The molecule has 0 aliphatic heterocycles. The number of allylic oxidation sites excluding steroid dienone is 2. The zero-order valence-electron chi connectivity index (χ0n) is 10.2. The number of benzene rings is 1. The number of aryl methyl sites for hydroxylation is 2. The first-order valence-corrected chi connectivity index (χ1v) is 5.54. The van der Waals surface area contributed by atoms with Crippen molar-refractivity contribution in [2.75, 3.05) is 0 Å². The van der Waals surface area contributed by atoms with Crippen LogP contribution in [-0.4, -0.2) is 11.8 Å². The quantitative estimate of drug-likeness (QED) is 0.750. The van der Waals surface area contributed by atoms with Crippen LogP contribution in [0.4, 0.5) is 22.0 Å². The first-order chi connectivity index (χ1) is 8.69. The third kappa shape index (κ3) is 1.89. The SMILES string of the molecule is Cc1cccc(C)c1COC1=C(F)C(F)(F)C1(F)F. The number of halogens is 5. The van der Waals surface area contributed by atoms with E-state index in [0.29, 0.717) is 5.56 Å². The number of alkyl halides is 4. The fourth-order valence-corrected chi connectivity index (χ4v) is 1.87. The molecule has 1 nitrogen and oxygen atoms in total. The highest BCUT2D eigenvalue weighted by Gasteiger charge is 2.74. The minimum atomic E-state index is -4.76. The lowest BCUT2D eigenvalue weighted by Gasteiger charge is -2.35. The normalized spacial score (nSPS) is 20.2. The van der Waals surface area contributed by atoms with Gasteiger partial charge in [-0.1, -0.05) is 18.2 Å². The van der Waals surface area contributed by atoms with Crippen molar-refractivity contribution < 1.29 is 26.7 Å². The number of ether oxygens (including phenoxy) is 1. The van der Waals surface area contributed by atoms with Crippen LogP contribution in [0.3, 0.4) is 0 Å². The summed E-state index contributed by atoms with van der Waals surface area (Å²) in [5.41, 5.74) is 2.10. The average Bonchev–Trinajstić information content (AvgIpc) is 2.31. The number of rotatable bonds is 3. The fraction of sp³-hybridized carbons (Fsp3) is 0.385. The van der Waals surface area contributed by atoms with Crippen molar-refractivity contribution in [2.24, 2.45) is 0 Å². The van der Waals surface area contributed by atoms with E-state index in [9.17, 15) is 22.0 Å². The maximum absolute atomic E-state index is 13.0. The zero-order valence-corrected chi connectivity index (χ0v) is 10.2. The lowest BCUT2D eigenvalue weighted by molar-refractivity contribution is -0.233. The number of hydrogen-bond donors (Lipinski definition) is 0. The molecule has 0 unspecified atom stereocenters. The van der Waals surface area contributed by atoms with Crippen molar-refractivity contribution in [3.05, 3.63) is 46.5 Å². The second-order valence-electron chi connectivity index (χ2n) is 4.45. The highest BCUT2D eigenvalue weighted by molar-refractivity contribution is 5.37. The standard InChI is InChI=1S/C13H11F5O/c1-7-4-3-5-8(2)9(7)6-19-11-10(14)12(15,16)13(11,17)18/h3-5H,6H2,1-2H3. The highest BCUT2D eigenvalue weighted by Crippen LogP contribution is 2.56. The lowest BCUT2D eigenvalue weighted by Crippen LogP contribution is -2.53. The predicted molar refractivity (Wildman–Crippen MR) is 58.7 cm³/mol. The van der Waals surface area contributed by atoms with E-state index >= 15 is 0 Å². The molecule has 0 bridgehead atoms. The second kappa shape index (κ2) is 4.21. The summed E-state index contributed by atoms with van der Waals surface area (Å²) in [5, 5.41) is 0. The van der Waals surface area contributed by atoms with E-state index in [1.54, 1.807) is 32.0 Å². The lowest BCUT2D eigenvalue weighted by atomic mass is 9.95. The molecule has 0 heterocycles. The van der Waals surface area contributed by atoms with Gasteiger partial charge in [-0.05, 0) is 30.5 Å². The fourth-order valence-electron chi connectivity index (χ4n) is 1.87. The largest absolute Gasteiger partial charge is 0.484 e. The Bertz CT molecular complexity index is 528. The first kappa shape index (κ1) is 13.8. The van der Waals surface area contributed by atoms with Gasteiger partial charge in [0.15, 0.2) is 0 Å². The summed E-state index contributed by atoms with van der Waals surface area (Å²) in [6.45, 7) is 3.08. The van der Waals surface area contributed by atoms with Crippen LogP contribution in [0.5, 0.6) is 0 Å². The van der Waals surface area contributed by atoms with Crippen LogP contribution in [0.2, 0.25) is 0 Å². The second-order valence-corrected chi connectivity index (χ2v) is 4.45. The third-order valence-electron chi connectivity index (χ3n) is 3.16. The summed E-state index contributed by atoms with van der Waals surface area (Å²) < 4.78 is 68.5. The van der Waals surface area contributed by atoms with E-state index in [1.165, 1.54) is 0 Å². The van der Waals surface area contributed by atoms with E-state index in [0.717, 1.165) is 11.1 Å². The summed E-state index contributed by atoms with van der Waals surface area (Å²) in [4.78, 5) is 0. The van der Waals surface area contributed by atoms with Crippen LogP contribution in [0.25, 0.3) is 0 Å². The molecule has 1 aromatic rings. The van der Waals surface area contributed by atoms with Crippen LogP contribution >= 0.6 is 0 Å². The zero-order chi connectivity index (χ0) is 14.4. The minimum Gasteiger partial charge on any atom is -0.484 e. The molecule has 0 amide bonds. The Balaban J connectivity index is 2.20. The van der Waals surface area contributed by atoms with Gasteiger partial charge >= 0.3 is 11.8 Å². The van der Waals surface area contributed by atoms with Gasteiger partial charge in [0.2, 0.25) is 11.6 Å². The molecule has 0 spiro atoms. The molecule has 1 aliphatic rings. The molecule has 0 aromatic heterocycles. The van der Waals surface area contributed by atoms with Crippen molar-refractivity contribution in [2.45, 2.75) is 32.3 Å². The van der Waals surface area contributed by atoms with Crippen molar-refractivity contribution in [1.82, 2.24) is 0 Å². The van der Waals surface area contributed by atoms with Gasteiger partial charge in [-0.3, -0.25) is 0 Å². The smallest absolute Gasteiger partial charge is 0.375 e. The average molecular weight is 278 g/mol. The van der Waals surface area contributed by atoms with Gasteiger partial charge in [-0.2, -0.15) is 17.6 Å². The van der Waals surface area contributed by atoms with E-state index in [-0.39, 0.29) is 6.61 Å². The molecular weight excluding hydrogens is 267 g/mol. The Morgan fingerprint density at radius 1 is 1.00 bits per heavy atom. The molecule has 104 valence electrons. The van der Waals surface area contributed by atoms with Crippen LogP contribution in [0.15, 0.2) is 29.8 Å². The highest BCUT2D eigenvalue weighted by atomic mass is 19.3.